The first-order chi connectivity index (χ1) is 7.67. The number of hydrogen-bond acceptors (Lipinski definition) is 3. The third-order valence-electron chi connectivity index (χ3n) is 3.49. The molecular weight excluding hydrogens is 238 g/mol. The molecule has 0 saturated carbocycles. The van der Waals surface area contributed by atoms with E-state index >= 15 is 0 Å². The van der Waals surface area contributed by atoms with Gasteiger partial charge < -0.3 is 9.47 Å². The van der Waals surface area contributed by atoms with E-state index in [2.05, 4.69) is 31.0 Å². The summed E-state index contributed by atoms with van der Waals surface area (Å²) in [4.78, 5) is 2.36. The van der Waals surface area contributed by atoms with Crippen LogP contribution in [-0.4, -0.2) is 32.7 Å². The zero-order valence-corrected chi connectivity index (χ0v) is 11.6. The van der Waals surface area contributed by atoms with Crippen LogP contribution in [0.3, 0.4) is 0 Å². The number of fused-ring (bicyclic) bond motifs is 1. The second kappa shape index (κ2) is 5.61. The molecule has 0 spiro atoms. The molecule has 1 aromatic rings. The second-order valence-electron chi connectivity index (χ2n) is 4.31. The summed E-state index contributed by atoms with van der Waals surface area (Å²) >= 11 is 0. The molecule has 1 aromatic carbocycles. The van der Waals surface area contributed by atoms with Gasteiger partial charge in [-0.3, -0.25) is 4.90 Å². The van der Waals surface area contributed by atoms with Gasteiger partial charge in [0, 0.05) is 12.6 Å². The monoisotopic (exact) mass is 257 g/mol. The summed E-state index contributed by atoms with van der Waals surface area (Å²) < 4.78 is 10.7. The highest BCUT2D eigenvalue weighted by Crippen LogP contribution is 2.37. The molecule has 96 valence electrons. The largest absolute Gasteiger partial charge is 0.493 e. The molecule has 0 radical (unpaired) electrons. The molecule has 0 fully saturated rings. The molecule has 1 heterocycles. The fourth-order valence-corrected chi connectivity index (χ4v) is 2.27. The number of ether oxygens (including phenoxy) is 2. The van der Waals surface area contributed by atoms with Crippen molar-refractivity contribution < 1.29 is 9.47 Å². The van der Waals surface area contributed by atoms with E-state index in [0.29, 0.717) is 6.04 Å². The van der Waals surface area contributed by atoms with Gasteiger partial charge in [0.25, 0.3) is 0 Å². The highest BCUT2D eigenvalue weighted by Gasteiger charge is 2.23. The van der Waals surface area contributed by atoms with Gasteiger partial charge in [0.05, 0.1) is 14.2 Å². The summed E-state index contributed by atoms with van der Waals surface area (Å²) in [6.45, 7) is 3.33. The van der Waals surface area contributed by atoms with Gasteiger partial charge >= 0.3 is 0 Å². The smallest absolute Gasteiger partial charge is 0.161 e. The number of methoxy groups -OCH3 is 2. The molecule has 0 aliphatic carbocycles. The first-order valence-electron chi connectivity index (χ1n) is 5.62. The molecular formula is C13H20ClNO2. The summed E-state index contributed by atoms with van der Waals surface area (Å²) in [5, 5.41) is 0. The van der Waals surface area contributed by atoms with Crippen molar-refractivity contribution in [3.63, 3.8) is 0 Å². The van der Waals surface area contributed by atoms with E-state index in [1.807, 2.05) is 0 Å². The van der Waals surface area contributed by atoms with Gasteiger partial charge in [-0.2, -0.15) is 0 Å². The molecule has 1 aliphatic heterocycles. The topological polar surface area (TPSA) is 21.7 Å². The van der Waals surface area contributed by atoms with Gasteiger partial charge in [-0.05, 0) is 43.7 Å². The predicted octanol–water partition coefficient (Wildman–Crippen LogP) is 2.67. The summed E-state index contributed by atoms with van der Waals surface area (Å²) in [5.41, 5.74) is 2.73. The van der Waals surface area contributed by atoms with Crippen LogP contribution in [0.4, 0.5) is 0 Å². The lowest BCUT2D eigenvalue weighted by Gasteiger charge is -2.32. The highest BCUT2D eigenvalue weighted by molar-refractivity contribution is 5.85. The fourth-order valence-electron chi connectivity index (χ4n) is 2.27. The van der Waals surface area contributed by atoms with Crippen LogP contribution < -0.4 is 9.47 Å². The maximum Gasteiger partial charge on any atom is 0.161 e. The third-order valence-corrected chi connectivity index (χ3v) is 3.49. The van der Waals surface area contributed by atoms with E-state index in [4.69, 9.17) is 9.47 Å². The molecule has 1 atom stereocenters. The van der Waals surface area contributed by atoms with Gasteiger partial charge in [-0.25, -0.2) is 0 Å². The highest BCUT2D eigenvalue weighted by atomic mass is 35.5. The Morgan fingerprint density at radius 1 is 1.18 bits per heavy atom. The minimum atomic E-state index is 0. The lowest BCUT2D eigenvalue weighted by atomic mass is 9.93. The van der Waals surface area contributed by atoms with E-state index in [9.17, 15) is 0 Å². The molecule has 0 aromatic heterocycles. The van der Waals surface area contributed by atoms with Gasteiger partial charge in [0.1, 0.15) is 0 Å². The van der Waals surface area contributed by atoms with Gasteiger partial charge in [-0.1, -0.05) is 0 Å². The minimum absolute atomic E-state index is 0. The normalized spacial score (nSPS) is 19.2. The Labute approximate surface area is 109 Å². The molecule has 2 rings (SSSR count). The Balaban J connectivity index is 0.00000144. The van der Waals surface area contributed by atoms with Crippen LogP contribution in [0.2, 0.25) is 0 Å². The van der Waals surface area contributed by atoms with E-state index in [1.54, 1.807) is 14.2 Å². The first kappa shape index (κ1) is 14.1. The van der Waals surface area contributed by atoms with Crippen molar-refractivity contribution in [1.82, 2.24) is 4.90 Å². The lowest BCUT2D eigenvalue weighted by Crippen LogP contribution is -2.30. The van der Waals surface area contributed by atoms with E-state index in [-0.39, 0.29) is 12.4 Å². The summed E-state index contributed by atoms with van der Waals surface area (Å²) in [6, 6.07) is 4.66. The third kappa shape index (κ3) is 2.50. The Hall–Kier alpha value is -0.930. The van der Waals surface area contributed by atoms with Gasteiger partial charge in [0.15, 0.2) is 11.5 Å². The predicted molar refractivity (Wildman–Crippen MR) is 71.5 cm³/mol. The second-order valence-corrected chi connectivity index (χ2v) is 4.31. The van der Waals surface area contributed by atoms with Crippen molar-refractivity contribution >= 4 is 12.4 Å². The number of rotatable bonds is 2. The molecule has 17 heavy (non-hydrogen) atoms. The Morgan fingerprint density at radius 3 is 2.35 bits per heavy atom. The van der Waals surface area contributed by atoms with Crippen molar-refractivity contribution in [2.45, 2.75) is 19.4 Å². The van der Waals surface area contributed by atoms with Crippen molar-refractivity contribution in [1.29, 1.82) is 0 Å². The van der Waals surface area contributed by atoms with Crippen LogP contribution in [0, 0.1) is 0 Å². The number of nitrogens with zero attached hydrogens (tertiary/aromatic N) is 1. The first-order valence-corrected chi connectivity index (χ1v) is 5.62. The quantitative estimate of drug-likeness (QED) is 0.813. The van der Waals surface area contributed by atoms with Crippen molar-refractivity contribution in [3.05, 3.63) is 23.3 Å². The number of hydrogen-bond donors (Lipinski definition) is 0. The van der Waals surface area contributed by atoms with E-state index in [1.165, 1.54) is 11.1 Å². The summed E-state index contributed by atoms with van der Waals surface area (Å²) in [5.74, 6) is 1.65. The fraction of sp³-hybridized carbons (Fsp3) is 0.538. The van der Waals surface area contributed by atoms with Gasteiger partial charge in [0.2, 0.25) is 0 Å². The van der Waals surface area contributed by atoms with E-state index < -0.39 is 0 Å². The number of halogens is 1. The van der Waals surface area contributed by atoms with Crippen molar-refractivity contribution in [2.24, 2.45) is 0 Å². The average Bonchev–Trinajstić information content (AvgIpc) is 2.32. The zero-order valence-electron chi connectivity index (χ0n) is 10.8. The molecule has 0 bridgehead atoms. The van der Waals surface area contributed by atoms with Crippen LogP contribution in [0.15, 0.2) is 12.1 Å². The zero-order chi connectivity index (χ0) is 11.7. The average molecular weight is 258 g/mol. The molecule has 0 unspecified atom stereocenters. The van der Waals surface area contributed by atoms with Crippen LogP contribution in [-0.2, 0) is 6.42 Å². The standard InChI is InChI=1S/C13H19NO2.ClH/c1-9-11-8-13(16-4)12(15-3)7-10(11)5-6-14(9)2;/h7-9H,5-6H2,1-4H3;1H/t9-;/m1./s1. The van der Waals surface area contributed by atoms with Crippen LogP contribution in [0.25, 0.3) is 0 Å². The maximum absolute atomic E-state index is 5.34. The SMILES string of the molecule is COc1cc2c(cc1OC)[C@@H](C)N(C)CC2.Cl. The Bertz CT molecular complexity index is 395. The number of likely N-dealkylation sites (N-methyl/N-ethyl adjacent to an activating group) is 1. The molecule has 4 heteroatoms. The van der Waals surface area contributed by atoms with Crippen molar-refractivity contribution in [2.75, 3.05) is 27.8 Å². The van der Waals surface area contributed by atoms with Crippen LogP contribution in [0.1, 0.15) is 24.1 Å². The molecule has 1 aliphatic rings. The van der Waals surface area contributed by atoms with Gasteiger partial charge in [-0.15, -0.1) is 12.4 Å². The molecule has 0 N–H and O–H groups in total. The van der Waals surface area contributed by atoms with Crippen LogP contribution in [0.5, 0.6) is 11.5 Å². The van der Waals surface area contributed by atoms with E-state index in [0.717, 1.165) is 24.5 Å². The molecule has 0 saturated heterocycles. The molecule has 0 amide bonds. The molecule has 3 nitrogen and oxygen atoms in total. The van der Waals surface area contributed by atoms with Crippen LogP contribution >= 0.6 is 12.4 Å². The maximum atomic E-state index is 5.34. The minimum Gasteiger partial charge on any atom is -0.493 e. The Morgan fingerprint density at radius 2 is 1.76 bits per heavy atom. The number of benzene rings is 1. The van der Waals surface area contributed by atoms with Crippen molar-refractivity contribution in [3.8, 4) is 11.5 Å². The lowest BCUT2D eigenvalue weighted by molar-refractivity contribution is 0.245. The summed E-state index contributed by atoms with van der Waals surface area (Å²) in [6.07, 6.45) is 1.08. The summed E-state index contributed by atoms with van der Waals surface area (Å²) in [7, 11) is 5.52. The Kier molecular flexibility index (Phi) is 4.66.